The third-order valence-electron chi connectivity index (χ3n) is 2.70. The molecule has 0 spiro atoms. The maximum atomic E-state index is 11.7. The van der Waals surface area contributed by atoms with Crippen molar-refractivity contribution < 1.29 is 9.90 Å². The first kappa shape index (κ1) is 12.1. The summed E-state index contributed by atoms with van der Waals surface area (Å²) < 4.78 is 1.82. The number of hydrogen-bond acceptors (Lipinski definition) is 2. The van der Waals surface area contributed by atoms with Gasteiger partial charge in [0.1, 0.15) is 0 Å². The molecule has 1 heterocycles. The van der Waals surface area contributed by atoms with Gasteiger partial charge in [0, 0.05) is 29.2 Å². The molecule has 0 radical (unpaired) electrons. The van der Waals surface area contributed by atoms with E-state index in [2.05, 4.69) is 0 Å². The second kappa shape index (κ2) is 4.87. The van der Waals surface area contributed by atoms with E-state index in [9.17, 15) is 9.59 Å². The third-order valence-corrected chi connectivity index (χ3v) is 2.70. The highest BCUT2D eigenvalue weighted by molar-refractivity contribution is 5.70. The molecule has 1 aromatic carbocycles. The molecule has 2 aromatic rings. The minimum Gasteiger partial charge on any atom is -0.481 e. The van der Waals surface area contributed by atoms with Crippen molar-refractivity contribution in [2.24, 2.45) is 0 Å². The topological polar surface area (TPSA) is 59.3 Å². The van der Waals surface area contributed by atoms with Crippen molar-refractivity contribution in [2.75, 3.05) is 0 Å². The number of benzene rings is 1. The van der Waals surface area contributed by atoms with Gasteiger partial charge in [-0.3, -0.25) is 9.59 Å². The van der Waals surface area contributed by atoms with Crippen LogP contribution in [0, 0.1) is 6.92 Å². The number of para-hydroxylation sites is 1. The Morgan fingerprint density at radius 1 is 1.28 bits per heavy atom. The summed E-state index contributed by atoms with van der Waals surface area (Å²) in [6, 6.07) is 11.0. The second-order valence-corrected chi connectivity index (χ2v) is 4.08. The quantitative estimate of drug-likeness (QED) is 0.893. The molecule has 0 amide bonds. The Kier molecular flexibility index (Phi) is 3.28. The van der Waals surface area contributed by atoms with Crippen LogP contribution in [-0.4, -0.2) is 15.6 Å². The second-order valence-electron chi connectivity index (χ2n) is 4.08. The van der Waals surface area contributed by atoms with E-state index in [-0.39, 0.29) is 17.4 Å². The molecule has 0 saturated carbocycles. The van der Waals surface area contributed by atoms with Crippen LogP contribution in [0.3, 0.4) is 0 Å². The van der Waals surface area contributed by atoms with E-state index in [0.717, 1.165) is 11.4 Å². The predicted molar refractivity (Wildman–Crippen MR) is 68.1 cm³/mol. The van der Waals surface area contributed by atoms with Gasteiger partial charge in [-0.15, -0.1) is 0 Å². The molecular formula is C14H13NO3. The summed E-state index contributed by atoms with van der Waals surface area (Å²) in [5.74, 6) is -1.00. The first-order valence-electron chi connectivity index (χ1n) is 5.57. The minimum absolute atomic E-state index is 0.234. The standard InChI is InChI=1S/C14H13NO3/c1-10-7-13(16)11(8-14(17)18)9-15(10)12-5-3-2-4-6-12/h2-7,9H,8H2,1H3,(H,17,18). The fourth-order valence-electron chi connectivity index (χ4n) is 1.84. The van der Waals surface area contributed by atoms with Crippen molar-refractivity contribution in [1.29, 1.82) is 0 Å². The summed E-state index contributed by atoms with van der Waals surface area (Å²) in [7, 11) is 0. The number of carbonyl (C=O) groups is 1. The Morgan fingerprint density at radius 2 is 1.94 bits per heavy atom. The SMILES string of the molecule is Cc1cc(=O)c(CC(=O)O)cn1-c1ccccc1. The number of aliphatic carboxylic acids is 1. The van der Waals surface area contributed by atoms with Crippen molar-refractivity contribution in [3.8, 4) is 5.69 Å². The lowest BCUT2D eigenvalue weighted by atomic mass is 10.1. The third kappa shape index (κ3) is 2.48. The highest BCUT2D eigenvalue weighted by atomic mass is 16.4. The fraction of sp³-hybridized carbons (Fsp3) is 0.143. The van der Waals surface area contributed by atoms with Crippen LogP contribution in [0.2, 0.25) is 0 Å². The zero-order chi connectivity index (χ0) is 13.1. The predicted octanol–water partition coefficient (Wildman–Crippen LogP) is 1.77. The van der Waals surface area contributed by atoms with Crippen molar-refractivity contribution in [2.45, 2.75) is 13.3 Å². The lowest BCUT2D eigenvalue weighted by Crippen LogP contribution is -2.17. The van der Waals surface area contributed by atoms with E-state index in [0.29, 0.717) is 0 Å². The molecule has 0 aliphatic rings. The average Bonchev–Trinajstić information content (AvgIpc) is 2.33. The molecule has 0 saturated heterocycles. The molecule has 92 valence electrons. The molecule has 0 aliphatic heterocycles. The first-order valence-corrected chi connectivity index (χ1v) is 5.57. The summed E-state index contributed by atoms with van der Waals surface area (Å²) in [6.07, 6.45) is 1.34. The van der Waals surface area contributed by atoms with Gasteiger partial charge >= 0.3 is 5.97 Å². The molecule has 4 nitrogen and oxygen atoms in total. The van der Waals surface area contributed by atoms with Gasteiger partial charge in [0.15, 0.2) is 5.43 Å². The Balaban J connectivity index is 2.55. The average molecular weight is 243 g/mol. The lowest BCUT2D eigenvalue weighted by molar-refractivity contribution is -0.136. The first-order chi connectivity index (χ1) is 8.58. The summed E-state index contributed by atoms with van der Waals surface area (Å²) in [5, 5.41) is 8.77. The van der Waals surface area contributed by atoms with Gasteiger partial charge in [0.05, 0.1) is 6.42 Å². The number of pyridine rings is 1. The maximum Gasteiger partial charge on any atom is 0.308 e. The van der Waals surface area contributed by atoms with Gasteiger partial charge < -0.3 is 9.67 Å². The van der Waals surface area contributed by atoms with Gasteiger partial charge in [-0.2, -0.15) is 0 Å². The molecule has 4 heteroatoms. The zero-order valence-electron chi connectivity index (χ0n) is 9.96. The van der Waals surface area contributed by atoms with Crippen LogP contribution >= 0.6 is 0 Å². The van der Waals surface area contributed by atoms with Crippen molar-refractivity contribution in [1.82, 2.24) is 4.57 Å². The molecule has 0 atom stereocenters. The van der Waals surface area contributed by atoms with E-state index < -0.39 is 5.97 Å². The molecule has 0 bridgehead atoms. The van der Waals surface area contributed by atoms with Crippen LogP contribution in [0.1, 0.15) is 11.3 Å². The highest BCUT2D eigenvalue weighted by Crippen LogP contribution is 2.10. The van der Waals surface area contributed by atoms with E-state index >= 15 is 0 Å². The van der Waals surface area contributed by atoms with E-state index in [1.54, 1.807) is 6.20 Å². The zero-order valence-corrected chi connectivity index (χ0v) is 9.96. The Labute approximate surface area is 104 Å². The van der Waals surface area contributed by atoms with Crippen molar-refractivity contribution in [3.63, 3.8) is 0 Å². The number of aryl methyl sites for hydroxylation is 1. The van der Waals surface area contributed by atoms with Gasteiger partial charge in [-0.25, -0.2) is 0 Å². The van der Waals surface area contributed by atoms with Gasteiger partial charge in [0.25, 0.3) is 0 Å². The number of carboxylic acids is 1. The Bertz CT molecular complexity index is 629. The van der Waals surface area contributed by atoms with Crippen LogP contribution in [-0.2, 0) is 11.2 Å². The van der Waals surface area contributed by atoms with Crippen LogP contribution in [0.15, 0.2) is 47.4 Å². The maximum absolute atomic E-state index is 11.7. The van der Waals surface area contributed by atoms with Crippen LogP contribution < -0.4 is 5.43 Å². The number of hydrogen-bond donors (Lipinski definition) is 1. The van der Waals surface area contributed by atoms with Crippen LogP contribution in [0.25, 0.3) is 5.69 Å². The molecule has 1 aromatic heterocycles. The van der Waals surface area contributed by atoms with E-state index in [1.807, 2.05) is 41.8 Å². The molecular weight excluding hydrogens is 230 g/mol. The number of rotatable bonds is 3. The molecule has 0 unspecified atom stereocenters. The van der Waals surface area contributed by atoms with E-state index in [4.69, 9.17) is 5.11 Å². The summed E-state index contributed by atoms with van der Waals surface area (Å²) in [6.45, 7) is 1.82. The summed E-state index contributed by atoms with van der Waals surface area (Å²) in [5.41, 5.74) is 1.74. The summed E-state index contributed by atoms with van der Waals surface area (Å²) >= 11 is 0. The van der Waals surface area contributed by atoms with Gasteiger partial charge in [0.2, 0.25) is 0 Å². The number of carboxylic acid groups (broad SMARTS) is 1. The van der Waals surface area contributed by atoms with Crippen molar-refractivity contribution in [3.05, 3.63) is 64.1 Å². The molecule has 0 fully saturated rings. The Morgan fingerprint density at radius 3 is 2.56 bits per heavy atom. The number of aromatic nitrogens is 1. The fourth-order valence-corrected chi connectivity index (χ4v) is 1.84. The Hall–Kier alpha value is -2.36. The lowest BCUT2D eigenvalue weighted by Gasteiger charge is -2.11. The molecule has 2 rings (SSSR count). The largest absolute Gasteiger partial charge is 0.481 e. The normalized spacial score (nSPS) is 10.3. The van der Waals surface area contributed by atoms with Gasteiger partial charge in [-0.1, -0.05) is 18.2 Å². The highest BCUT2D eigenvalue weighted by Gasteiger charge is 2.08. The van der Waals surface area contributed by atoms with Crippen molar-refractivity contribution >= 4 is 5.97 Å². The van der Waals surface area contributed by atoms with Crippen LogP contribution in [0.4, 0.5) is 0 Å². The van der Waals surface area contributed by atoms with Gasteiger partial charge in [-0.05, 0) is 19.1 Å². The minimum atomic E-state index is -1.00. The molecule has 1 N–H and O–H groups in total. The van der Waals surface area contributed by atoms with Crippen LogP contribution in [0.5, 0.6) is 0 Å². The summed E-state index contributed by atoms with van der Waals surface area (Å²) in [4.78, 5) is 22.4. The number of nitrogens with zero attached hydrogens (tertiary/aromatic N) is 1. The van der Waals surface area contributed by atoms with E-state index in [1.165, 1.54) is 6.07 Å². The molecule has 0 aliphatic carbocycles. The monoisotopic (exact) mass is 243 g/mol. The molecule has 18 heavy (non-hydrogen) atoms. The smallest absolute Gasteiger partial charge is 0.308 e.